The second-order valence-corrected chi connectivity index (χ2v) is 3.73. The Morgan fingerprint density at radius 1 is 1.37 bits per heavy atom. The van der Waals surface area contributed by atoms with Gasteiger partial charge in [-0.25, -0.2) is 0 Å². The van der Waals surface area contributed by atoms with Crippen molar-refractivity contribution in [2.24, 2.45) is 0 Å². The summed E-state index contributed by atoms with van der Waals surface area (Å²) in [6, 6.07) is 7.18. The molecule has 0 unspecified atom stereocenters. The molecule has 7 nitrogen and oxygen atoms in total. The number of benzene rings is 1. The van der Waals surface area contributed by atoms with Crippen molar-refractivity contribution in [2.75, 3.05) is 11.1 Å². The number of nitro benzene ring substituents is 1. The number of carbonyl (C=O) groups excluding carboxylic acids is 1. The third-order valence-corrected chi connectivity index (χ3v) is 2.41. The molecule has 7 heteroatoms. The highest BCUT2D eigenvalue weighted by Gasteiger charge is 2.14. The number of hydrogen-bond acceptors (Lipinski definition) is 5. The predicted octanol–water partition coefficient (Wildman–Crippen LogP) is 1.82. The summed E-state index contributed by atoms with van der Waals surface area (Å²) in [6.45, 7) is 0. The molecule has 0 saturated heterocycles. The van der Waals surface area contributed by atoms with Gasteiger partial charge < -0.3 is 11.1 Å². The first kappa shape index (κ1) is 12.5. The van der Waals surface area contributed by atoms with Crippen LogP contribution >= 0.6 is 0 Å². The summed E-state index contributed by atoms with van der Waals surface area (Å²) in [5.74, 6) is -0.408. The minimum atomic E-state index is -0.599. The molecular weight excluding hydrogens is 248 g/mol. The number of anilines is 2. The second kappa shape index (κ2) is 5.13. The molecule has 0 aliphatic rings. The molecule has 0 fully saturated rings. The zero-order valence-electron chi connectivity index (χ0n) is 9.74. The molecule has 0 aliphatic heterocycles. The van der Waals surface area contributed by atoms with E-state index in [1.165, 1.54) is 24.4 Å². The van der Waals surface area contributed by atoms with E-state index in [1.807, 2.05) is 0 Å². The van der Waals surface area contributed by atoms with Gasteiger partial charge in [-0.15, -0.1) is 0 Å². The number of nitrogens with one attached hydrogen (secondary N) is 1. The van der Waals surface area contributed by atoms with Crippen molar-refractivity contribution in [1.82, 2.24) is 4.98 Å². The van der Waals surface area contributed by atoms with Gasteiger partial charge in [-0.3, -0.25) is 19.9 Å². The molecule has 0 radical (unpaired) electrons. The molecule has 19 heavy (non-hydrogen) atoms. The molecule has 0 aliphatic carbocycles. The zero-order chi connectivity index (χ0) is 13.8. The molecule has 0 atom stereocenters. The highest BCUT2D eigenvalue weighted by molar-refractivity contribution is 6.05. The van der Waals surface area contributed by atoms with Crippen LogP contribution in [0.25, 0.3) is 0 Å². The van der Waals surface area contributed by atoms with Crippen molar-refractivity contribution >= 4 is 23.0 Å². The lowest BCUT2D eigenvalue weighted by Crippen LogP contribution is -2.12. The summed E-state index contributed by atoms with van der Waals surface area (Å²) >= 11 is 0. The van der Waals surface area contributed by atoms with Crippen LogP contribution in [-0.4, -0.2) is 15.8 Å². The number of pyridine rings is 1. The molecule has 2 aromatic rings. The maximum Gasteiger partial charge on any atom is 0.292 e. The largest absolute Gasteiger partial charge is 0.393 e. The fourth-order valence-electron chi connectivity index (χ4n) is 1.50. The molecular formula is C12H10N4O3. The standard InChI is InChI=1S/C12H10N4O3/c13-10-6-8(3-4-11(10)16(18)19)12(17)15-9-2-1-5-14-7-9/h1-7H,13H2,(H,15,17). The lowest BCUT2D eigenvalue weighted by molar-refractivity contribution is -0.383. The summed E-state index contributed by atoms with van der Waals surface area (Å²) in [6.07, 6.45) is 3.08. The number of nitro groups is 1. The van der Waals surface area contributed by atoms with Gasteiger partial charge in [0.25, 0.3) is 11.6 Å². The van der Waals surface area contributed by atoms with Gasteiger partial charge in [0, 0.05) is 17.8 Å². The van der Waals surface area contributed by atoms with Gasteiger partial charge in [-0.2, -0.15) is 0 Å². The quantitative estimate of drug-likeness (QED) is 0.495. The third-order valence-electron chi connectivity index (χ3n) is 2.41. The zero-order valence-corrected chi connectivity index (χ0v) is 9.74. The van der Waals surface area contributed by atoms with Crippen LogP contribution in [0.4, 0.5) is 17.1 Å². The third kappa shape index (κ3) is 2.83. The SMILES string of the molecule is Nc1cc(C(=O)Nc2cccnc2)ccc1[N+](=O)[O-]. The fraction of sp³-hybridized carbons (Fsp3) is 0. The monoisotopic (exact) mass is 258 g/mol. The molecule has 1 heterocycles. The summed E-state index contributed by atoms with van der Waals surface area (Å²) < 4.78 is 0. The van der Waals surface area contributed by atoms with Gasteiger partial charge in [0.2, 0.25) is 0 Å². The highest BCUT2D eigenvalue weighted by atomic mass is 16.6. The maximum atomic E-state index is 11.9. The first-order valence-electron chi connectivity index (χ1n) is 5.33. The van der Waals surface area contributed by atoms with Crippen molar-refractivity contribution in [3.63, 3.8) is 0 Å². The van der Waals surface area contributed by atoms with Crippen LogP contribution < -0.4 is 11.1 Å². The number of nitrogens with zero attached hydrogens (tertiary/aromatic N) is 2. The van der Waals surface area contributed by atoms with Gasteiger partial charge in [0.1, 0.15) is 5.69 Å². The Morgan fingerprint density at radius 2 is 2.16 bits per heavy atom. The van der Waals surface area contributed by atoms with E-state index in [2.05, 4.69) is 10.3 Å². The van der Waals surface area contributed by atoms with Crippen LogP contribution in [0.15, 0.2) is 42.7 Å². The Bertz CT molecular complexity index is 628. The summed E-state index contributed by atoms with van der Waals surface area (Å²) in [5.41, 5.74) is 6.02. The van der Waals surface area contributed by atoms with Crippen LogP contribution in [0.1, 0.15) is 10.4 Å². The van der Waals surface area contributed by atoms with E-state index in [4.69, 9.17) is 5.73 Å². The first-order valence-corrected chi connectivity index (χ1v) is 5.33. The van der Waals surface area contributed by atoms with Crippen LogP contribution in [0, 0.1) is 10.1 Å². The van der Waals surface area contributed by atoms with E-state index in [0.29, 0.717) is 5.69 Å². The number of nitrogens with two attached hydrogens (primary N) is 1. The van der Waals surface area contributed by atoms with Crippen molar-refractivity contribution in [1.29, 1.82) is 0 Å². The minimum Gasteiger partial charge on any atom is -0.393 e. The molecule has 96 valence electrons. The Morgan fingerprint density at radius 3 is 2.74 bits per heavy atom. The van der Waals surface area contributed by atoms with Crippen molar-refractivity contribution in [2.45, 2.75) is 0 Å². The molecule has 2 rings (SSSR count). The smallest absolute Gasteiger partial charge is 0.292 e. The second-order valence-electron chi connectivity index (χ2n) is 3.73. The predicted molar refractivity (Wildman–Crippen MR) is 69.7 cm³/mol. The van der Waals surface area contributed by atoms with Gasteiger partial charge in [-0.05, 0) is 24.3 Å². The summed E-state index contributed by atoms with van der Waals surface area (Å²) in [4.78, 5) is 25.8. The minimum absolute atomic E-state index is 0.0520. The van der Waals surface area contributed by atoms with E-state index in [-0.39, 0.29) is 16.9 Å². The van der Waals surface area contributed by atoms with Gasteiger partial charge in [0.05, 0.1) is 16.8 Å². The maximum absolute atomic E-state index is 11.9. The van der Waals surface area contributed by atoms with E-state index < -0.39 is 10.8 Å². The molecule has 0 spiro atoms. The van der Waals surface area contributed by atoms with Crippen LogP contribution in [0.5, 0.6) is 0 Å². The van der Waals surface area contributed by atoms with Crippen LogP contribution in [0.2, 0.25) is 0 Å². The molecule has 0 bridgehead atoms. The lowest BCUT2D eigenvalue weighted by Gasteiger charge is -2.05. The van der Waals surface area contributed by atoms with E-state index in [9.17, 15) is 14.9 Å². The average Bonchev–Trinajstić information content (AvgIpc) is 2.39. The Balaban J connectivity index is 2.21. The summed E-state index contributed by atoms with van der Waals surface area (Å²) in [7, 11) is 0. The Labute approximate surface area is 108 Å². The number of carbonyl (C=O) groups is 1. The molecule has 1 aromatic heterocycles. The number of amides is 1. The van der Waals surface area contributed by atoms with Crippen molar-refractivity contribution in [3.8, 4) is 0 Å². The average molecular weight is 258 g/mol. The Kier molecular flexibility index (Phi) is 3.37. The number of hydrogen-bond donors (Lipinski definition) is 2. The van der Waals surface area contributed by atoms with E-state index in [1.54, 1.807) is 18.3 Å². The molecule has 1 aromatic carbocycles. The van der Waals surface area contributed by atoms with E-state index >= 15 is 0 Å². The van der Waals surface area contributed by atoms with Crippen molar-refractivity contribution < 1.29 is 9.72 Å². The lowest BCUT2D eigenvalue weighted by atomic mass is 10.1. The Hall–Kier alpha value is -2.96. The van der Waals surface area contributed by atoms with Gasteiger partial charge >= 0.3 is 0 Å². The first-order chi connectivity index (χ1) is 9.08. The van der Waals surface area contributed by atoms with Crippen molar-refractivity contribution in [3.05, 3.63) is 58.4 Å². The molecule has 3 N–H and O–H groups in total. The van der Waals surface area contributed by atoms with Gasteiger partial charge in [0.15, 0.2) is 0 Å². The normalized spacial score (nSPS) is 9.89. The van der Waals surface area contributed by atoms with Gasteiger partial charge in [-0.1, -0.05) is 0 Å². The molecule has 0 saturated carbocycles. The van der Waals surface area contributed by atoms with Crippen LogP contribution in [-0.2, 0) is 0 Å². The van der Waals surface area contributed by atoms with E-state index in [0.717, 1.165) is 0 Å². The number of nitrogen functional groups attached to an aromatic ring is 1. The summed E-state index contributed by atoms with van der Waals surface area (Å²) in [5, 5.41) is 13.2. The topological polar surface area (TPSA) is 111 Å². The number of rotatable bonds is 3. The van der Waals surface area contributed by atoms with Crippen LogP contribution in [0.3, 0.4) is 0 Å². The number of aromatic nitrogens is 1. The molecule has 1 amide bonds. The highest BCUT2D eigenvalue weighted by Crippen LogP contribution is 2.22. The fourth-order valence-corrected chi connectivity index (χ4v) is 1.50.